The van der Waals surface area contributed by atoms with Crippen molar-refractivity contribution in [3.05, 3.63) is 53.2 Å². The number of hydrogen-bond donors (Lipinski definition) is 0. The Kier molecular flexibility index (Phi) is 3.70. The van der Waals surface area contributed by atoms with Crippen LogP contribution >= 0.6 is 0 Å². The molecule has 0 saturated carbocycles. The Labute approximate surface area is 123 Å². The highest BCUT2D eigenvalue weighted by molar-refractivity contribution is 6.11. The smallest absolute Gasteiger partial charge is 0.198 e. The molecule has 22 heavy (non-hydrogen) atoms. The van der Waals surface area contributed by atoms with Crippen molar-refractivity contribution in [3.8, 4) is 11.3 Å². The first-order chi connectivity index (χ1) is 10.6. The third-order valence-electron chi connectivity index (χ3n) is 3.23. The third kappa shape index (κ3) is 2.38. The second-order valence-corrected chi connectivity index (χ2v) is 4.56. The first-order valence-electron chi connectivity index (χ1n) is 6.40. The molecule has 2 aromatic rings. The zero-order valence-electron chi connectivity index (χ0n) is 11.2. The predicted molar refractivity (Wildman–Crippen MR) is 74.0 cm³/mol. The van der Waals surface area contributed by atoms with Gasteiger partial charge in [0.15, 0.2) is 23.3 Å². The van der Waals surface area contributed by atoms with Crippen molar-refractivity contribution < 1.29 is 17.6 Å². The first-order valence-corrected chi connectivity index (χ1v) is 6.40. The second-order valence-electron chi connectivity index (χ2n) is 4.56. The average Bonchev–Trinajstić information content (AvgIpc) is 2.57. The summed E-state index contributed by atoms with van der Waals surface area (Å²) >= 11 is 0. The maximum Gasteiger partial charge on any atom is 0.198 e. The lowest BCUT2D eigenvalue weighted by molar-refractivity contribution is 0.410. The van der Waals surface area contributed by atoms with E-state index in [0.717, 1.165) is 0 Å². The average molecular weight is 307 g/mol. The van der Waals surface area contributed by atoms with Crippen molar-refractivity contribution in [1.29, 1.82) is 0 Å². The summed E-state index contributed by atoms with van der Waals surface area (Å²) in [5, 5.41) is 0. The molecule has 0 amide bonds. The number of aliphatic imine (C=N–C) groups is 2. The van der Waals surface area contributed by atoms with Crippen molar-refractivity contribution in [1.82, 2.24) is 4.98 Å². The van der Waals surface area contributed by atoms with E-state index in [1.165, 1.54) is 6.20 Å². The Morgan fingerprint density at radius 1 is 0.955 bits per heavy atom. The van der Waals surface area contributed by atoms with Crippen LogP contribution in [0, 0.1) is 23.3 Å². The van der Waals surface area contributed by atoms with E-state index in [-0.39, 0.29) is 12.4 Å². The molecule has 0 atom stereocenters. The number of pyridine rings is 1. The first kappa shape index (κ1) is 14.4. The molecule has 0 unspecified atom stereocenters. The van der Waals surface area contributed by atoms with Crippen molar-refractivity contribution in [2.75, 3.05) is 6.67 Å². The Morgan fingerprint density at radius 2 is 1.77 bits per heavy atom. The molecule has 0 saturated heterocycles. The van der Waals surface area contributed by atoms with Crippen molar-refractivity contribution in [2.45, 2.75) is 6.42 Å². The summed E-state index contributed by atoms with van der Waals surface area (Å²) in [5.41, 5.74) is 0.560. The fourth-order valence-electron chi connectivity index (χ4n) is 2.19. The summed E-state index contributed by atoms with van der Waals surface area (Å²) in [4.78, 5) is 12.1. The van der Waals surface area contributed by atoms with Crippen LogP contribution in [0.3, 0.4) is 0 Å². The maximum atomic E-state index is 14.0. The Morgan fingerprint density at radius 3 is 2.50 bits per heavy atom. The topological polar surface area (TPSA) is 37.6 Å². The van der Waals surface area contributed by atoms with Crippen LogP contribution in [0.4, 0.5) is 17.6 Å². The Hall–Kier alpha value is -2.57. The summed E-state index contributed by atoms with van der Waals surface area (Å²) < 4.78 is 53.9. The van der Waals surface area contributed by atoms with Gasteiger partial charge in [0.1, 0.15) is 6.67 Å². The third-order valence-corrected chi connectivity index (χ3v) is 3.23. The van der Waals surface area contributed by atoms with E-state index in [9.17, 15) is 17.6 Å². The molecule has 3 rings (SSSR count). The van der Waals surface area contributed by atoms with Crippen LogP contribution in [0.15, 0.2) is 34.4 Å². The van der Waals surface area contributed by atoms with E-state index in [4.69, 9.17) is 0 Å². The normalized spacial score (nSPS) is 14.1. The van der Waals surface area contributed by atoms with Crippen LogP contribution in [-0.4, -0.2) is 23.6 Å². The molecule has 1 aromatic heterocycles. The lowest BCUT2D eigenvalue weighted by Crippen LogP contribution is -2.10. The SMILES string of the molecule is Fc1cc(-c2ncccc2C2=NCN=CC2)c(F)c(F)c1F. The van der Waals surface area contributed by atoms with E-state index in [2.05, 4.69) is 15.0 Å². The number of nitrogens with zero attached hydrogens (tertiary/aromatic N) is 3. The van der Waals surface area contributed by atoms with Gasteiger partial charge in [0.2, 0.25) is 0 Å². The minimum absolute atomic E-state index is 0.00634. The van der Waals surface area contributed by atoms with Crippen molar-refractivity contribution in [2.24, 2.45) is 9.98 Å². The quantitative estimate of drug-likeness (QED) is 0.475. The molecule has 0 aliphatic carbocycles. The van der Waals surface area contributed by atoms with E-state index in [1.54, 1.807) is 18.3 Å². The number of benzene rings is 1. The second kappa shape index (κ2) is 5.67. The molecule has 0 N–H and O–H groups in total. The Bertz CT molecular complexity index is 800. The van der Waals surface area contributed by atoms with Gasteiger partial charge in [-0.3, -0.25) is 15.0 Å². The van der Waals surface area contributed by atoms with Gasteiger partial charge in [-0.1, -0.05) is 0 Å². The molecule has 112 valence electrons. The summed E-state index contributed by atoms with van der Waals surface area (Å²) in [6.45, 7) is 0.221. The fraction of sp³-hybridized carbons (Fsp3) is 0.133. The lowest BCUT2D eigenvalue weighted by atomic mass is 9.99. The van der Waals surface area contributed by atoms with Crippen LogP contribution in [0.2, 0.25) is 0 Å². The van der Waals surface area contributed by atoms with Gasteiger partial charge in [0.05, 0.1) is 11.4 Å². The van der Waals surface area contributed by atoms with Crippen LogP contribution in [0.1, 0.15) is 12.0 Å². The zero-order chi connectivity index (χ0) is 15.7. The van der Waals surface area contributed by atoms with E-state index >= 15 is 0 Å². The van der Waals surface area contributed by atoms with Gasteiger partial charge in [-0.05, 0) is 18.2 Å². The number of aromatic nitrogens is 1. The standard InChI is InChI=1S/C15H9F4N3/c16-10-6-9(12(17)14(19)13(10)18)15-8(2-1-4-21-15)11-3-5-20-7-22-11/h1-2,4-6H,3,7H2. The molecule has 2 heterocycles. The molecule has 0 radical (unpaired) electrons. The predicted octanol–water partition coefficient (Wildman–Crippen LogP) is 3.53. The van der Waals surface area contributed by atoms with E-state index in [0.29, 0.717) is 23.8 Å². The van der Waals surface area contributed by atoms with Crippen LogP contribution in [-0.2, 0) is 0 Å². The van der Waals surface area contributed by atoms with Gasteiger partial charge in [0, 0.05) is 30.0 Å². The van der Waals surface area contributed by atoms with Gasteiger partial charge in [-0.15, -0.1) is 0 Å². The molecular weight excluding hydrogens is 298 g/mol. The molecular formula is C15H9F4N3. The molecule has 1 aliphatic heterocycles. The Balaban J connectivity index is 2.20. The highest BCUT2D eigenvalue weighted by Gasteiger charge is 2.23. The van der Waals surface area contributed by atoms with E-state index < -0.39 is 28.8 Å². The number of halogens is 4. The number of hydrogen-bond acceptors (Lipinski definition) is 3. The van der Waals surface area contributed by atoms with Crippen LogP contribution < -0.4 is 0 Å². The summed E-state index contributed by atoms with van der Waals surface area (Å²) in [7, 11) is 0. The summed E-state index contributed by atoms with van der Waals surface area (Å²) in [6, 6.07) is 3.80. The minimum Gasteiger partial charge on any atom is -0.274 e. The molecule has 7 heteroatoms. The summed E-state index contributed by atoms with van der Waals surface area (Å²) in [5.74, 6) is -6.67. The van der Waals surface area contributed by atoms with Gasteiger partial charge < -0.3 is 0 Å². The molecule has 1 aliphatic rings. The molecule has 3 nitrogen and oxygen atoms in total. The monoisotopic (exact) mass is 307 g/mol. The molecule has 1 aromatic carbocycles. The van der Waals surface area contributed by atoms with Gasteiger partial charge in [-0.2, -0.15) is 0 Å². The van der Waals surface area contributed by atoms with Gasteiger partial charge in [-0.25, -0.2) is 17.6 Å². The minimum atomic E-state index is -1.86. The maximum absolute atomic E-state index is 14.0. The van der Waals surface area contributed by atoms with E-state index in [1.807, 2.05) is 0 Å². The largest absolute Gasteiger partial charge is 0.274 e. The lowest BCUT2D eigenvalue weighted by Gasteiger charge is -2.13. The van der Waals surface area contributed by atoms with Crippen LogP contribution in [0.25, 0.3) is 11.3 Å². The summed E-state index contributed by atoms with van der Waals surface area (Å²) in [6.07, 6.45) is 3.39. The highest BCUT2D eigenvalue weighted by atomic mass is 19.2. The fourth-order valence-corrected chi connectivity index (χ4v) is 2.19. The highest BCUT2D eigenvalue weighted by Crippen LogP contribution is 2.29. The van der Waals surface area contributed by atoms with Gasteiger partial charge >= 0.3 is 0 Å². The number of rotatable bonds is 2. The zero-order valence-corrected chi connectivity index (χ0v) is 11.2. The molecule has 0 bridgehead atoms. The molecule has 0 spiro atoms. The van der Waals surface area contributed by atoms with Gasteiger partial charge in [0.25, 0.3) is 0 Å². The van der Waals surface area contributed by atoms with Crippen molar-refractivity contribution in [3.63, 3.8) is 0 Å². The van der Waals surface area contributed by atoms with Crippen molar-refractivity contribution >= 4 is 11.9 Å². The molecule has 0 fully saturated rings. The van der Waals surface area contributed by atoms with Crippen LogP contribution in [0.5, 0.6) is 0 Å².